The Morgan fingerprint density at radius 2 is 2.11 bits per heavy atom. The van der Waals surface area contributed by atoms with Crippen molar-refractivity contribution in [2.45, 2.75) is 18.6 Å². The number of nitrogens with two attached hydrogens (primary N) is 1. The Hall–Kier alpha value is -1.83. The molecule has 0 saturated carbocycles. The van der Waals surface area contributed by atoms with Crippen molar-refractivity contribution >= 4 is 5.65 Å². The first-order valence-corrected chi connectivity index (χ1v) is 5.28. The minimum absolute atomic E-state index is 0.175. The molecule has 2 rings (SSSR count). The first kappa shape index (κ1) is 12.6. The van der Waals surface area contributed by atoms with Gasteiger partial charge >= 0.3 is 11.9 Å². The minimum atomic E-state index is -4.55. The van der Waals surface area contributed by atoms with Gasteiger partial charge in [-0.15, -0.1) is 5.10 Å². The Morgan fingerprint density at radius 1 is 1.39 bits per heavy atom. The van der Waals surface area contributed by atoms with Crippen molar-refractivity contribution in [2.24, 2.45) is 5.73 Å². The smallest absolute Gasteiger partial charge is 0.330 e. The van der Waals surface area contributed by atoms with Gasteiger partial charge < -0.3 is 5.73 Å². The van der Waals surface area contributed by atoms with Crippen LogP contribution in [0.2, 0.25) is 0 Å². The topological polar surface area (TPSA) is 65.3 Å². The van der Waals surface area contributed by atoms with Crippen LogP contribution in [0.5, 0.6) is 0 Å². The van der Waals surface area contributed by atoms with E-state index in [2.05, 4.69) is 5.10 Å². The third-order valence-corrected chi connectivity index (χ3v) is 2.56. The van der Waals surface area contributed by atoms with Gasteiger partial charge in [-0.3, -0.25) is 4.40 Å². The summed E-state index contributed by atoms with van der Waals surface area (Å²) in [5, 5.41) is 3.69. The Kier molecular flexibility index (Phi) is 3.12. The third-order valence-electron chi connectivity index (χ3n) is 2.56. The van der Waals surface area contributed by atoms with E-state index in [-0.39, 0.29) is 18.6 Å². The molecule has 98 valence electrons. The summed E-state index contributed by atoms with van der Waals surface area (Å²) in [5.41, 5.74) is 4.51. The van der Waals surface area contributed by atoms with Gasteiger partial charge in [-0.05, 0) is 25.1 Å². The van der Waals surface area contributed by atoms with Gasteiger partial charge in [0.05, 0.1) is 0 Å². The summed E-state index contributed by atoms with van der Waals surface area (Å²) in [5.74, 6) is 0. The van der Waals surface area contributed by atoms with E-state index in [1.165, 1.54) is 12.3 Å². The second-order valence-corrected chi connectivity index (χ2v) is 3.79. The second kappa shape index (κ2) is 4.45. The number of aromatic nitrogens is 3. The van der Waals surface area contributed by atoms with E-state index >= 15 is 0 Å². The highest BCUT2D eigenvalue weighted by molar-refractivity contribution is 5.35. The van der Waals surface area contributed by atoms with Gasteiger partial charge in [-0.2, -0.15) is 13.2 Å². The molecule has 0 aliphatic carbocycles. The van der Waals surface area contributed by atoms with Gasteiger partial charge in [-0.1, -0.05) is 6.07 Å². The molecule has 0 aliphatic rings. The summed E-state index contributed by atoms with van der Waals surface area (Å²) in [4.78, 5) is 11.8. The molecule has 0 spiro atoms. The first-order chi connectivity index (χ1) is 8.45. The van der Waals surface area contributed by atoms with Crippen LogP contribution >= 0.6 is 0 Å². The molecule has 0 amide bonds. The molecule has 0 aromatic carbocycles. The van der Waals surface area contributed by atoms with Gasteiger partial charge in [0.25, 0.3) is 0 Å². The summed E-state index contributed by atoms with van der Waals surface area (Å²) in [7, 11) is 0. The zero-order chi connectivity index (χ0) is 13.3. The zero-order valence-electron chi connectivity index (χ0n) is 9.26. The average molecular weight is 260 g/mol. The zero-order valence-corrected chi connectivity index (χ0v) is 9.26. The fourth-order valence-electron chi connectivity index (χ4n) is 1.73. The van der Waals surface area contributed by atoms with E-state index in [9.17, 15) is 18.0 Å². The summed E-state index contributed by atoms with van der Waals surface area (Å²) < 4.78 is 40.0. The molecule has 1 unspecified atom stereocenters. The SMILES string of the molecule is NCCC(n1nc2ccccn2c1=O)C(F)(F)F. The fourth-order valence-corrected chi connectivity index (χ4v) is 1.73. The van der Waals surface area contributed by atoms with Crippen LogP contribution < -0.4 is 11.4 Å². The van der Waals surface area contributed by atoms with Crippen molar-refractivity contribution < 1.29 is 13.2 Å². The van der Waals surface area contributed by atoms with Crippen LogP contribution in [0.1, 0.15) is 12.5 Å². The van der Waals surface area contributed by atoms with Crippen molar-refractivity contribution in [3.63, 3.8) is 0 Å². The maximum absolute atomic E-state index is 12.8. The molecule has 1 atom stereocenters. The van der Waals surface area contributed by atoms with Crippen LogP contribution in [0.3, 0.4) is 0 Å². The molecule has 0 fully saturated rings. The van der Waals surface area contributed by atoms with Crippen LogP contribution in [0.4, 0.5) is 13.2 Å². The molecule has 2 aromatic heterocycles. The van der Waals surface area contributed by atoms with Crippen LogP contribution in [-0.2, 0) is 0 Å². The number of pyridine rings is 1. The summed E-state index contributed by atoms with van der Waals surface area (Å²) in [6, 6.07) is 2.62. The number of hydrogen-bond donors (Lipinski definition) is 1. The maximum Gasteiger partial charge on any atom is 0.411 e. The van der Waals surface area contributed by atoms with Crippen LogP contribution in [0.15, 0.2) is 29.2 Å². The second-order valence-electron chi connectivity index (χ2n) is 3.79. The highest BCUT2D eigenvalue weighted by Crippen LogP contribution is 2.31. The van der Waals surface area contributed by atoms with Crippen LogP contribution in [-0.4, -0.2) is 26.9 Å². The van der Waals surface area contributed by atoms with Crippen molar-refractivity contribution in [1.82, 2.24) is 14.2 Å². The molecule has 2 aromatic rings. The molecule has 5 nitrogen and oxygen atoms in total. The van der Waals surface area contributed by atoms with Crippen molar-refractivity contribution in [2.75, 3.05) is 6.54 Å². The number of halogens is 3. The van der Waals surface area contributed by atoms with Crippen LogP contribution in [0, 0.1) is 0 Å². The number of fused-ring (bicyclic) bond motifs is 1. The molecule has 0 aliphatic heterocycles. The molecule has 2 N–H and O–H groups in total. The molecule has 0 radical (unpaired) electrons. The van der Waals surface area contributed by atoms with Crippen molar-refractivity contribution in [1.29, 1.82) is 0 Å². The normalized spacial score (nSPS) is 14.0. The monoisotopic (exact) mass is 260 g/mol. The van der Waals surface area contributed by atoms with Gasteiger partial charge in [0.15, 0.2) is 11.7 Å². The van der Waals surface area contributed by atoms with Crippen LogP contribution in [0.25, 0.3) is 5.65 Å². The first-order valence-electron chi connectivity index (χ1n) is 5.28. The van der Waals surface area contributed by atoms with Crippen molar-refractivity contribution in [3.05, 3.63) is 34.9 Å². The molecule has 2 heterocycles. The molecule has 0 saturated heterocycles. The third kappa shape index (κ3) is 2.10. The van der Waals surface area contributed by atoms with E-state index in [1.807, 2.05) is 0 Å². The fraction of sp³-hybridized carbons (Fsp3) is 0.400. The van der Waals surface area contributed by atoms with E-state index in [0.29, 0.717) is 4.68 Å². The highest BCUT2D eigenvalue weighted by atomic mass is 19.4. The molecule has 18 heavy (non-hydrogen) atoms. The molecule has 0 bridgehead atoms. The quantitative estimate of drug-likeness (QED) is 0.893. The standard InChI is InChI=1S/C10H11F3N4O/c11-10(12,13)7(4-5-14)17-9(18)16-6-2-1-3-8(16)15-17/h1-3,6-7H,4-5,14H2. The van der Waals surface area contributed by atoms with E-state index < -0.39 is 17.9 Å². The summed E-state index contributed by atoms with van der Waals surface area (Å²) in [6.07, 6.45) is -3.56. The number of hydrogen-bond acceptors (Lipinski definition) is 3. The van der Waals surface area contributed by atoms with Gasteiger partial charge in [0.2, 0.25) is 0 Å². The Balaban J connectivity index is 2.58. The molecular weight excluding hydrogens is 249 g/mol. The van der Waals surface area contributed by atoms with E-state index in [0.717, 1.165) is 4.40 Å². The number of rotatable bonds is 3. The lowest BCUT2D eigenvalue weighted by molar-refractivity contribution is -0.172. The van der Waals surface area contributed by atoms with Gasteiger partial charge in [0, 0.05) is 6.20 Å². The van der Waals surface area contributed by atoms with E-state index in [4.69, 9.17) is 5.73 Å². The van der Waals surface area contributed by atoms with Crippen molar-refractivity contribution in [3.8, 4) is 0 Å². The Bertz CT molecular complexity index is 601. The van der Waals surface area contributed by atoms with Gasteiger partial charge in [0.1, 0.15) is 0 Å². The molecular formula is C10H11F3N4O. The predicted molar refractivity (Wildman–Crippen MR) is 58.2 cm³/mol. The predicted octanol–water partition coefficient (Wildman–Crippen LogP) is 0.948. The van der Waals surface area contributed by atoms with E-state index in [1.54, 1.807) is 12.1 Å². The minimum Gasteiger partial charge on any atom is -0.330 e. The lowest BCUT2D eigenvalue weighted by Crippen LogP contribution is -2.36. The largest absolute Gasteiger partial charge is 0.411 e. The highest BCUT2D eigenvalue weighted by Gasteiger charge is 2.42. The lowest BCUT2D eigenvalue weighted by Gasteiger charge is -2.18. The lowest BCUT2D eigenvalue weighted by atomic mass is 10.2. The van der Waals surface area contributed by atoms with Gasteiger partial charge in [-0.25, -0.2) is 9.48 Å². The number of nitrogens with zero attached hydrogens (tertiary/aromatic N) is 3. The Morgan fingerprint density at radius 3 is 2.67 bits per heavy atom. The average Bonchev–Trinajstić information content (AvgIpc) is 2.63. The number of alkyl halides is 3. The summed E-state index contributed by atoms with van der Waals surface area (Å²) >= 11 is 0. The maximum atomic E-state index is 12.8. The molecule has 8 heteroatoms. The Labute approximate surface area is 99.6 Å². The summed E-state index contributed by atoms with van der Waals surface area (Å²) in [6.45, 7) is -0.176.